The van der Waals surface area contributed by atoms with E-state index in [2.05, 4.69) is 4.85 Å². The quantitative estimate of drug-likeness (QED) is 0.397. The van der Waals surface area contributed by atoms with Gasteiger partial charge in [0.25, 0.3) is 7.05 Å². The SMILES string of the molecule is C[N+]#CO. The zero-order valence-corrected chi connectivity index (χ0v) is 2.39. The molecule has 2 nitrogen and oxygen atoms in total. The van der Waals surface area contributed by atoms with Crippen LogP contribution in [0.4, 0.5) is 0 Å². The Hall–Kier alpha value is -0.710. The first-order chi connectivity index (χ1) is 1.91. The summed E-state index contributed by atoms with van der Waals surface area (Å²) in [6, 6.07) is 0. The van der Waals surface area contributed by atoms with E-state index in [1.54, 1.807) is 6.26 Å². The topological polar surface area (TPSA) is 24.6 Å². The Labute approximate surface area is 24.5 Å². The minimum Gasteiger partial charge on any atom is -0.408 e. The molecule has 0 rings (SSSR count). The molecule has 0 radical (unpaired) electrons. The summed E-state index contributed by atoms with van der Waals surface area (Å²) in [7, 11) is 1.44. The standard InChI is InChI=1S/C2H3NO/c1-3-2-4/h1H3/p+1. The van der Waals surface area contributed by atoms with E-state index in [4.69, 9.17) is 5.11 Å². The third-order valence-electron chi connectivity index (χ3n) is 0.100. The van der Waals surface area contributed by atoms with Crippen LogP contribution in [0.3, 0.4) is 0 Å². The van der Waals surface area contributed by atoms with Crippen LogP contribution in [0, 0.1) is 6.26 Å². The Morgan fingerprint density at radius 1 is 2.00 bits per heavy atom. The van der Waals surface area contributed by atoms with Crippen molar-refractivity contribution in [1.29, 1.82) is 0 Å². The van der Waals surface area contributed by atoms with Crippen molar-refractivity contribution >= 4 is 0 Å². The van der Waals surface area contributed by atoms with E-state index < -0.39 is 0 Å². The van der Waals surface area contributed by atoms with Crippen LogP contribution >= 0.6 is 0 Å². The van der Waals surface area contributed by atoms with Crippen LogP contribution in [0.2, 0.25) is 0 Å². The maximum atomic E-state index is 7.46. The summed E-state index contributed by atoms with van der Waals surface area (Å²) in [5, 5.41) is 7.46. The lowest BCUT2D eigenvalue weighted by Gasteiger charge is -1.26. The van der Waals surface area contributed by atoms with Crippen LogP contribution in [0.15, 0.2) is 0 Å². The average molecular weight is 58.1 g/mol. The van der Waals surface area contributed by atoms with E-state index in [9.17, 15) is 0 Å². The van der Waals surface area contributed by atoms with E-state index in [-0.39, 0.29) is 0 Å². The molecule has 0 atom stereocenters. The van der Waals surface area contributed by atoms with Gasteiger partial charge in [-0.15, -0.1) is 0 Å². The first-order valence-corrected chi connectivity index (χ1v) is 0.894. The van der Waals surface area contributed by atoms with Gasteiger partial charge in [-0.1, -0.05) is 0 Å². The second kappa shape index (κ2) is 2.29. The number of rotatable bonds is 0. The molecule has 0 unspecified atom stereocenters. The first kappa shape index (κ1) is 3.29. The smallest absolute Gasteiger partial charge is 0.408 e. The molecule has 0 aromatic carbocycles. The molecule has 0 aliphatic carbocycles. The van der Waals surface area contributed by atoms with Gasteiger partial charge in [-0.25, -0.2) is 0 Å². The predicted octanol–water partition coefficient (Wildman–Crippen LogP) is 0.279. The summed E-state index contributed by atoms with van der Waals surface area (Å²) < 4.78 is 0. The highest BCUT2D eigenvalue weighted by Crippen LogP contribution is 1.37. The molecular formula is C2H4NO+. The lowest BCUT2D eigenvalue weighted by atomic mass is 11.4. The minimum atomic E-state index is 1.44. The van der Waals surface area contributed by atoms with Gasteiger partial charge in [-0.3, -0.25) is 0 Å². The summed E-state index contributed by atoms with van der Waals surface area (Å²) in [6.07, 6.45) is 1.56. The molecule has 0 bridgehead atoms. The molecule has 0 fully saturated rings. The van der Waals surface area contributed by atoms with Crippen LogP contribution in [-0.4, -0.2) is 12.2 Å². The highest BCUT2D eigenvalue weighted by Gasteiger charge is 1.50. The summed E-state index contributed by atoms with van der Waals surface area (Å²) in [5.74, 6) is 0. The van der Waals surface area contributed by atoms with Gasteiger partial charge in [0.2, 0.25) is 0 Å². The Bertz CT molecular complexity index is 42.8. The van der Waals surface area contributed by atoms with Crippen LogP contribution in [0.25, 0.3) is 4.85 Å². The van der Waals surface area contributed by atoms with E-state index in [1.807, 2.05) is 0 Å². The van der Waals surface area contributed by atoms with Crippen molar-refractivity contribution in [3.63, 3.8) is 0 Å². The molecule has 0 saturated carbocycles. The number of hydrogen-bond donors (Lipinski definition) is 1. The average Bonchev–Trinajstić information content (AvgIpc) is 1.37. The summed E-state index contributed by atoms with van der Waals surface area (Å²) in [4.78, 5) is 3.04. The van der Waals surface area contributed by atoms with Crippen LogP contribution < -0.4 is 0 Å². The third-order valence-corrected chi connectivity index (χ3v) is 0.100. The fourth-order valence-corrected chi connectivity index (χ4v) is 0. The van der Waals surface area contributed by atoms with Crippen LogP contribution in [-0.2, 0) is 0 Å². The molecule has 22 valence electrons. The highest BCUT2D eigenvalue weighted by atomic mass is 16.2. The largest absolute Gasteiger partial charge is 0.510 e. The summed E-state index contributed by atoms with van der Waals surface area (Å²) >= 11 is 0. The molecule has 1 N–H and O–H groups in total. The van der Waals surface area contributed by atoms with Crippen molar-refractivity contribution < 1.29 is 5.11 Å². The Morgan fingerprint density at radius 3 is 2.25 bits per heavy atom. The second-order valence-electron chi connectivity index (χ2n) is 0.324. The fraction of sp³-hybridized carbons (Fsp3) is 0.500. The summed E-state index contributed by atoms with van der Waals surface area (Å²) in [6.45, 7) is 0. The zero-order valence-electron chi connectivity index (χ0n) is 2.39. The lowest BCUT2D eigenvalue weighted by molar-refractivity contribution is 0.515. The van der Waals surface area contributed by atoms with Gasteiger partial charge in [0, 0.05) is 0 Å². The molecule has 0 aliphatic heterocycles. The van der Waals surface area contributed by atoms with E-state index in [0.717, 1.165) is 0 Å². The molecule has 0 heterocycles. The molecule has 4 heavy (non-hydrogen) atoms. The zero-order chi connectivity index (χ0) is 3.41. The maximum absolute atomic E-state index is 7.46. The van der Waals surface area contributed by atoms with Crippen molar-refractivity contribution in [1.82, 2.24) is 0 Å². The fourth-order valence-electron chi connectivity index (χ4n) is 0. The van der Waals surface area contributed by atoms with Crippen molar-refractivity contribution in [3.05, 3.63) is 4.85 Å². The second-order valence-corrected chi connectivity index (χ2v) is 0.324. The molecule has 0 saturated heterocycles. The number of hydrogen-bond acceptors (Lipinski definition) is 1. The third kappa shape index (κ3) is 1.29. The van der Waals surface area contributed by atoms with Crippen molar-refractivity contribution in [3.8, 4) is 6.26 Å². The molecule has 0 amide bonds. The van der Waals surface area contributed by atoms with Gasteiger partial charge < -0.3 is 5.11 Å². The van der Waals surface area contributed by atoms with Gasteiger partial charge in [0.15, 0.2) is 0 Å². The molecule has 0 spiro atoms. The molecule has 0 aromatic heterocycles. The predicted molar refractivity (Wildman–Crippen MR) is 15.1 cm³/mol. The van der Waals surface area contributed by atoms with Crippen LogP contribution in [0.5, 0.6) is 0 Å². The van der Waals surface area contributed by atoms with E-state index in [1.165, 1.54) is 7.05 Å². The summed E-state index contributed by atoms with van der Waals surface area (Å²) in [5.41, 5.74) is 0. The maximum Gasteiger partial charge on any atom is 0.510 e. The lowest BCUT2D eigenvalue weighted by Crippen LogP contribution is -1.36. The van der Waals surface area contributed by atoms with Gasteiger partial charge in [0.1, 0.15) is 0 Å². The van der Waals surface area contributed by atoms with Gasteiger partial charge in [-0.2, -0.15) is 0 Å². The van der Waals surface area contributed by atoms with Crippen molar-refractivity contribution in [2.45, 2.75) is 0 Å². The number of aliphatic hydroxyl groups excluding tert-OH is 1. The molecule has 0 aliphatic rings. The van der Waals surface area contributed by atoms with Gasteiger partial charge in [0.05, 0.1) is 0 Å². The van der Waals surface area contributed by atoms with Gasteiger partial charge in [-0.05, 0) is 4.85 Å². The highest BCUT2D eigenvalue weighted by molar-refractivity contribution is 4.62. The monoisotopic (exact) mass is 58.0 g/mol. The van der Waals surface area contributed by atoms with Crippen molar-refractivity contribution in [2.75, 3.05) is 7.05 Å². The van der Waals surface area contributed by atoms with Gasteiger partial charge >= 0.3 is 6.26 Å². The molecule has 2 heteroatoms. The number of nitrogens with zero attached hydrogens (tertiary/aromatic N) is 1. The normalized spacial score (nSPS) is 3.25. The van der Waals surface area contributed by atoms with E-state index >= 15 is 0 Å². The minimum absolute atomic E-state index is 1.44. The van der Waals surface area contributed by atoms with E-state index in [0.29, 0.717) is 0 Å². The van der Waals surface area contributed by atoms with Crippen molar-refractivity contribution in [2.24, 2.45) is 0 Å². The Morgan fingerprint density at radius 2 is 2.25 bits per heavy atom. The molecule has 0 aromatic rings. The first-order valence-electron chi connectivity index (χ1n) is 0.894. The Balaban J connectivity index is 2.83. The molecular weight excluding hydrogens is 54.0 g/mol. The van der Waals surface area contributed by atoms with Crippen LogP contribution in [0.1, 0.15) is 0 Å². The number of aliphatic hydroxyl groups is 1. The Kier molecular flexibility index (Phi) is 1.88.